The molecule has 11 heteroatoms. The van der Waals surface area contributed by atoms with Crippen LogP contribution in [-0.2, 0) is 9.59 Å². The first-order valence-electron chi connectivity index (χ1n) is 8.50. The smallest absolute Gasteiger partial charge is 0.328 e. The van der Waals surface area contributed by atoms with Gasteiger partial charge in [0.25, 0.3) is 5.69 Å². The SMILES string of the molecule is CN(C)CCC1CN(C)C(=S)c2cc([N+](=O)[O-])ccc2O1.O=C(O)C=CC(=O)O. The lowest BCUT2D eigenvalue weighted by Crippen LogP contribution is -2.35. The molecule has 2 rings (SSSR count). The Morgan fingerprint density at radius 3 is 2.41 bits per heavy atom. The van der Waals surface area contributed by atoms with Crippen LogP contribution in [0.4, 0.5) is 5.69 Å². The van der Waals surface area contributed by atoms with Gasteiger partial charge in [0.1, 0.15) is 16.8 Å². The summed E-state index contributed by atoms with van der Waals surface area (Å²) in [7, 11) is 5.92. The normalized spacial score (nSPS) is 15.8. The first-order chi connectivity index (χ1) is 13.5. The predicted octanol–water partition coefficient (Wildman–Crippen LogP) is 1.63. The quantitative estimate of drug-likeness (QED) is 0.300. The Balaban J connectivity index is 0.000000447. The molecule has 0 aromatic heterocycles. The van der Waals surface area contributed by atoms with Crippen LogP contribution in [0.3, 0.4) is 0 Å². The van der Waals surface area contributed by atoms with Gasteiger partial charge in [-0.3, -0.25) is 10.1 Å². The number of nitro benzene ring substituents is 1. The Morgan fingerprint density at radius 1 is 1.34 bits per heavy atom. The van der Waals surface area contributed by atoms with Crippen molar-refractivity contribution in [3.8, 4) is 5.75 Å². The van der Waals surface area contributed by atoms with E-state index < -0.39 is 16.9 Å². The Labute approximate surface area is 173 Å². The maximum atomic E-state index is 10.9. The molecule has 2 N–H and O–H groups in total. The number of fused-ring (bicyclic) bond motifs is 1. The Kier molecular flexibility index (Phi) is 9.16. The zero-order valence-corrected chi connectivity index (χ0v) is 17.1. The molecule has 1 heterocycles. The van der Waals surface area contributed by atoms with Crippen molar-refractivity contribution in [3.05, 3.63) is 46.0 Å². The van der Waals surface area contributed by atoms with E-state index in [2.05, 4.69) is 4.90 Å². The molecule has 0 fully saturated rings. The Bertz CT molecular complexity index is 795. The molecule has 10 nitrogen and oxygen atoms in total. The highest BCUT2D eigenvalue weighted by atomic mass is 32.1. The largest absolute Gasteiger partial charge is 0.488 e. The van der Waals surface area contributed by atoms with E-state index in [4.69, 9.17) is 27.2 Å². The van der Waals surface area contributed by atoms with Crippen molar-refractivity contribution in [1.29, 1.82) is 0 Å². The van der Waals surface area contributed by atoms with E-state index in [-0.39, 0.29) is 11.8 Å². The monoisotopic (exact) mass is 425 g/mol. The molecule has 0 saturated carbocycles. The fourth-order valence-electron chi connectivity index (χ4n) is 2.41. The number of non-ortho nitro benzene ring substituents is 1. The van der Waals surface area contributed by atoms with Gasteiger partial charge in [-0.25, -0.2) is 9.59 Å². The van der Waals surface area contributed by atoms with Gasteiger partial charge in [0, 0.05) is 37.9 Å². The highest BCUT2D eigenvalue weighted by Gasteiger charge is 2.26. The summed E-state index contributed by atoms with van der Waals surface area (Å²) in [6, 6.07) is 4.58. The average molecular weight is 425 g/mol. The molecule has 0 aliphatic carbocycles. The summed E-state index contributed by atoms with van der Waals surface area (Å²) < 4.78 is 6.00. The van der Waals surface area contributed by atoms with E-state index in [9.17, 15) is 19.7 Å². The second kappa shape index (κ2) is 11.1. The van der Waals surface area contributed by atoms with Gasteiger partial charge in [-0.1, -0.05) is 12.2 Å². The zero-order chi connectivity index (χ0) is 22.1. The van der Waals surface area contributed by atoms with Crippen LogP contribution >= 0.6 is 12.2 Å². The number of carbonyl (C=O) groups is 2. The molecule has 29 heavy (non-hydrogen) atoms. The second-order valence-corrected chi connectivity index (χ2v) is 6.85. The van der Waals surface area contributed by atoms with E-state index in [1.807, 2.05) is 26.0 Å². The van der Waals surface area contributed by atoms with E-state index in [0.29, 0.717) is 35.0 Å². The number of benzene rings is 1. The number of thiocarbonyl (C=S) groups is 1. The van der Waals surface area contributed by atoms with E-state index in [0.717, 1.165) is 13.0 Å². The summed E-state index contributed by atoms with van der Waals surface area (Å²) in [5.41, 5.74) is 0.647. The van der Waals surface area contributed by atoms with E-state index in [1.54, 1.807) is 6.07 Å². The fourth-order valence-corrected chi connectivity index (χ4v) is 2.64. The molecule has 1 unspecified atom stereocenters. The third kappa shape index (κ3) is 8.23. The highest BCUT2D eigenvalue weighted by molar-refractivity contribution is 7.80. The van der Waals surface area contributed by atoms with E-state index >= 15 is 0 Å². The second-order valence-electron chi connectivity index (χ2n) is 6.46. The summed E-state index contributed by atoms with van der Waals surface area (Å²) in [6.45, 7) is 1.59. The van der Waals surface area contributed by atoms with Crippen molar-refractivity contribution in [2.75, 3.05) is 34.2 Å². The molecule has 1 aromatic rings. The van der Waals surface area contributed by atoms with Gasteiger partial charge in [-0.2, -0.15) is 0 Å². The first-order valence-corrected chi connectivity index (χ1v) is 8.91. The van der Waals surface area contributed by atoms with Gasteiger partial charge in [-0.15, -0.1) is 0 Å². The molecule has 1 aliphatic heterocycles. The Morgan fingerprint density at radius 2 is 1.93 bits per heavy atom. The fraction of sp³-hybridized carbons (Fsp3) is 0.389. The van der Waals surface area contributed by atoms with E-state index in [1.165, 1.54) is 12.1 Å². The number of rotatable bonds is 6. The maximum absolute atomic E-state index is 10.9. The van der Waals surface area contributed by atoms with Gasteiger partial charge in [0.2, 0.25) is 0 Å². The van der Waals surface area contributed by atoms with Crippen molar-refractivity contribution in [1.82, 2.24) is 9.80 Å². The van der Waals surface area contributed by atoms with Gasteiger partial charge >= 0.3 is 11.9 Å². The van der Waals surface area contributed by atoms with Crippen LogP contribution in [-0.4, -0.2) is 82.2 Å². The minimum Gasteiger partial charge on any atom is -0.488 e. The van der Waals surface area contributed by atoms with Gasteiger partial charge < -0.3 is 24.7 Å². The van der Waals surface area contributed by atoms with Crippen LogP contribution in [0, 0.1) is 10.1 Å². The standard InChI is InChI=1S/C14H19N3O3S.C4H4O4/c1-15(2)7-6-11-9-16(3)14(21)12-8-10(17(18)19)4-5-13(12)20-11;5-3(6)1-2-4(7)8/h4-5,8,11H,6-7,9H2,1-3H3;1-2H,(H,5,6)(H,7,8). The van der Waals surface area contributed by atoms with Gasteiger partial charge in [0.05, 0.1) is 17.0 Å². The summed E-state index contributed by atoms with van der Waals surface area (Å²) in [5.74, 6) is -1.89. The number of ether oxygens (including phenoxy) is 1. The third-order valence-corrected chi connectivity index (χ3v) is 4.32. The van der Waals surface area contributed by atoms with Crippen molar-refractivity contribution in [2.24, 2.45) is 0 Å². The van der Waals surface area contributed by atoms with Crippen molar-refractivity contribution in [3.63, 3.8) is 0 Å². The molecule has 0 radical (unpaired) electrons. The molecular formula is C18H23N3O7S. The van der Waals surface area contributed by atoms with Crippen LogP contribution < -0.4 is 4.74 Å². The summed E-state index contributed by atoms with van der Waals surface area (Å²) in [5, 5.41) is 26.5. The number of nitro groups is 1. The number of hydrogen-bond donors (Lipinski definition) is 2. The van der Waals surface area contributed by atoms with Crippen LogP contribution in [0.5, 0.6) is 5.75 Å². The van der Waals surface area contributed by atoms with Crippen LogP contribution in [0.1, 0.15) is 12.0 Å². The van der Waals surface area contributed by atoms with Crippen molar-refractivity contribution >= 4 is 34.8 Å². The lowest BCUT2D eigenvalue weighted by Gasteiger charge is -2.22. The number of likely N-dealkylation sites (N-methyl/N-ethyl adjacent to an activating group) is 1. The molecule has 0 saturated heterocycles. The predicted molar refractivity (Wildman–Crippen MR) is 109 cm³/mol. The van der Waals surface area contributed by atoms with Gasteiger partial charge in [-0.05, 0) is 26.6 Å². The molecule has 158 valence electrons. The molecule has 0 bridgehead atoms. The molecular weight excluding hydrogens is 402 g/mol. The highest BCUT2D eigenvalue weighted by Crippen LogP contribution is 2.29. The number of carboxylic acid groups (broad SMARTS) is 2. The maximum Gasteiger partial charge on any atom is 0.328 e. The topological polar surface area (TPSA) is 133 Å². The summed E-state index contributed by atoms with van der Waals surface area (Å²) in [6.07, 6.45) is 2.00. The van der Waals surface area contributed by atoms with Crippen molar-refractivity contribution in [2.45, 2.75) is 12.5 Å². The van der Waals surface area contributed by atoms with Gasteiger partial charge in [0.15, 0.2) is 0 Å². The third-order valence-electron chi connectivity index (χ3n) is 3.79. The lowest BCUT2D eigenvalue weighted by molar-refractivity contribution is -0.384. The summed E-state index contributed by atoms with van der Waals surface area (Å²) in [4.78, 5) is 34.2. The minimum absolute atomic E-state index is 0.0121. The number of carboxylic acids is 2. The number of nitrogens with zero attached hydrogens (tertiary/aromatic N) is 3. The summed E-state index contributed by atoms with van der Waals surface area (Å²) >= 11 is 5.42. The average Bonchev–Trinajstić information content (AvgIpc) is 2.75. The zero-order valence-electron chi connectivity index (χ0n) is 16.3. The molecule has 1 aromatic carbocycles. The molecule has 1 aliphatic rings. The number of aliphatic carboxylic acids is 2. The molecule has 1 atom stereocenters. The van der Waals surface area contributed by atoms with Crippen molar-refractivity contribution < 1.29 is 29.5 Å². The first kappa shape index (κ1) is 24.0. The minimum atomic E-state index is -1.26. The Hall–Kier alpha value is -3.05. The number of hydrogen-bond acceptors (Lipinski definition) is 7. The lowest BCUT2D eigenvalue weighted by atomic mass is 10.1. The molecule has 0 amide bonds. The van der Waals surface area contributed by atoms with Crippen LogP contribution in [0.25, 0.3) is 0 Å². The van der Waals surface area contributed by atoms with Crippen LogP contribution in [0.2, 0.25) is 0 Å². The molecule has 0 spiro atoms. The van der Waals surface area contributed by atoms with Crippen LogP contribution in [0.15, 0.2) is 30.4 Å².